The first-order chi connectivity index (χ1) is 7.49. The zero-order valence-electron chi connectivity index (χ0n) is 10.9. The molecule has 0 aromatic carbocycles. The Morgan fingerprint density at radius 3 is 2.62 bits per heavy atom. The molecule has 2 fully saturated rings. The van der Waals surface area contributed by atoms with Crippen molar-refractivity contribution in [3.8, 4) is 0 Å². The van der Waals surface area contributed by atoms with Crippen molar-refractivity contribution in [1.82, 2.24) is 0 Å². The minimum absolute atomic E-state index is 0.0320. The summed E-state index contributed by atoms with van der Waals surface area (Å²) in [5, 5.41) is 10.1. The Morgan fingerprint density at radius 2 is 1.88 bits per heavy atom. The van der Waals surface area contributed by atoms with Gasteiger partial charge in [0.05, 0.1) is 17.8 Å². The van der Waals surface area contributed by atoms with Crippen LogP contribution in [-0.2, 0) is 4.74 Å². The number of aliphatic hydroxyl groups excluding tert-OH is 1. The fraction of sp³-hybridized carbons (Fsp3) is 1.00. The maximum Gasteiger partial charge on any atom is 0.0845 e. The SMILES string of the molecule is CC1CCC[C@H](O)[C@@H]2CC(CC1)C(C)(C)O2. The van der Waals surface area contributed by atoms with Crippen LogP contribution < -0.4 is 0 Å². The molecule has 2 heteroatoms. The van der Waals surface area contributed by atoms with Crippen molar-refractivity contribution in [3.63, 3.8) is 0 Å². The molecule has 2 aliphatic rings. The average Bonchev–Trinajstić information content (AvgIpc) is 2.50. The number of hydrogen-bond donors (Lipinski definition) is 1. The zero-order valence-corrected chi connectivity index (χ0v) is 10.9. The second-order valence-corrected chi connectivity index (χ2v) is 6.37. The van der Waals surface area contributed by atoms with Crippen molar-refractivity contribution in [1.29, 1.82) is 0 Å². The maximum atomic E-state index is 10.1. The molecule has 1 saturated heterocycles. The van der Waals surface area contributed by atoms with Crippen molar-refractivity contribution < 1.29 is 9.84 Å². The van der Waals surface area contributed by atoms with Gasteiger partial charge in [-0.2, -0.15) is 0 Å². The highest BCUT2D eigenvalue weighted by molar-refractivity contribution is 4.92. The molecule has 2 bridgehead atoms. The molecule has 0 aromatic rings. The van der Waals surface area contributed by atoms with E-state index in [1.165, 1.54) is 19.3 Å². The van der Waals surface area contributed by atoms with Crippen LogP contribution >= 0.6 is 0 Å². The molecule has 1 aliphatic carbocycles. The van der Waals surface area contributed by atoms with E-state index in [2.05, 4.69) is 20.8 Å². The highest BCUT2D eigenvalue weighted by Crippen LogP contribution is 2.41. The van der Waals surface area contributed by atoms with Crippen molar-refractivity contribution in [2.45, 2.75) is 77.1 Å². The first kappa shape index (κ1) is 12.4. The number of aliphatic hydroxyl groups is 1. The standard InChI is InChI=1S/C14H26O2/c1-10-5-4-6-12(15)13-9-11(8-7-10)14(2,3)16-13/h10-13,15H,4-9H2,1-3H3/t10?,11?,12-,13-/m0/s1. The van der Waals surface area contributed by atoms with Gasteiger partial charge in [-0.25, -0.2) is 0 Å². The van der Waals surface area contributed by atoms with Gasteiger partial charge in [-0.3, -0.25) is 0 Å². The second-order valence-electron chi connectivity index (χ2n) is 6.37. The van der Waals surface area contributed by atoms with Gasteiger partial charge in [0.1, 0.15) is 0 Å². The molecule has 0 spiro atoms. The predicted octanol–water partition coefficient (Wildman–Crippen LogP) is 3.13. The second kappa shape index (κ2) is 4.66. The van der Waals surface area contributed by atoms with Crippen LogP contribution in [0.5, 0.6) is 0 Å². The van der Waals surface area contributed by atoms with Gasteiger partial charge in [0.2, 0.25) is 0 Å². The lowest BCUT2D eigenvalue weighted by Crippen LogP contribution is -2.30. The van der Waals surface area contributed by atoms with E-state index in [0.29, 0.717) is 5.92 Å². The third kappa shape index (κ3) is 2.60. The molecule has 0 amide bonds. The largest absolute Gasteiger partial charge is 0.390 e. The van der Waals surface area contributed by atoms with Crippen LogP contribution in [0.1, 0.15) is 59.3 Å². The molecule has 1 aliphatic heterocycles. The minimum Gasteiger partial charge on any atom is -0.390 e. The molecule has 1 heterocycles. The van der Waals surface area contributed by atoms with Crippen molar-refractivity contribution in [2.75, 3.05) is 0 Å². The molecule has 2 unspecified atom stereocenters. The van der Waals surface area contributed by atoms with E-state index in [-0.39, 0.29) is 17.8 Å². The average molecular weight is 226 g/mol. The Balaban J connectivity index is 2.07. The highest BCUT2D eigenvalue weighted by Gasteiger charge is 2.43. The van der Waals surface area contributed by atoms with Crippen LogP contribution in [-0.4, -0.2) is 22.9 Å². The van der Waals surface area contributed by atoms with E-state index >= 15 is 0 Å². The van der Waals surface area contributed by atoms with E-state index < -0.39 is 0 Å². The Morgan fingerprint density at radius 1 is 1.12 bits per heavy atom. The molecule has 1 saturated carbocycles. The van der Waals surface area contributed by atoms with Crippen LogP contribution in [0.4, 0.5) is 0 Å². The van der Waals surface area contributed by atoms with E-state index in [9.17, 15) is 5.11 Å². The molecule has 2 rings (SSSR count). The van der Waals surface area contributed by atoms with E-state index in [1.54, 1.807) is 0 Å². The molecule has 94 valence electrons. The molecule has 2 nitrogen and oxygen atoms in total. The quantitative estimate of drug-likeness (QED) is 0.687. The third-order valence-electron chi connectivity index (χ3n) is 4.59. The summed E-state index contributed by atoms with van der Waals surface area (Å²) in [4.78, 5) is 0. The number of hydrogen-bond acceptors (Lipinski definition) is 2. The van der Waals surface area contributed by atoms with Gasteiger partial charge in [0.25, 0.3) is 0 Å². The molecule has 0 aromatic heterocycles. The Kier molecular flexibility index (Phi) is 3.60. The van der Waals surface area contributed by atoms with Crippen molar-refractivity contribution >= 4 is 0 Å². The van der Waals surface area contributed by atoms with Crippen LogP contribution in [0, 0.1) is 11.8 Å². The van der Waals surface area contributed by atoms with Crippen LogP contribution in [0.25, 0.3) is 0 Å². The Labute approximate surface area is 99.4 Å². The fourth-order valence-corrected chi connectivity index (χ4v) is 3.29. The molecule has 1 N–H and O–H groups in total. The summed E-state index contributed by atoms with van der Waals surface area (Å²) < 4.78 is 6.04. The summed E-state index contributed by atoms with van der Waals surface area (Å²) in [5.74, 6) is 1.44. The lowest BCUT2D eigenvalue weighted by Gasteiger charge is -2.26. The Hall–Kier alpha value is -0.0800. The minimum atomic E-state index is -0.241. The summed E-state index contributed by atoms with van der Waals surface area (Å²) in [6.45, 7) is 6.72. The van der Waals surface area contributed by atoms with Crippen LogP contribution in [0.15, 0.2) is 0 Å². The maximum absolute atomic E-state index is 10.1. The topological polar surface area (TPSA) is 29.5 Å². The van der Waals surface area contributed by atoms with Gasteiger partial charge in [0.15, 0.2) is 0 Å². The molecular weight excluding hydrogens is 200 g/mol. The first-order valence-electron chi connectivity index (χ1n) is 6.85. The molecule has 4 atom stereocenters. The van der Waals surface area contributed by atoms with Gasteiger partial charge < -0.3 is 9.84 Å². The molecule has 16 heavy (non-hydrogen) atoms. The molecule has 0 radical (unpaired) electrons. The van der Waals surface area contributed by atoms with Crippen LogP contribution in [0.3, 0.4) is 0 Å². The first-order valence-corrected chi connectivity index (χ1v) is 6.85. The summed E-state index contributed by atoms with van der Waals surface area (Å²) in [7, 11) is 0. The predicted molar refractivity (Wildman–Crippen MR) is 65.3 cm³/mol. The summed E-state index contributed by atoms with van der Waals surface area (Å²) in [6, 6.07) is 0. The van der Waals surface area contributed by atoms with Crippen molar-refractivity contribution in [2.24, 2.45) is 11.8 Å². The highest BCUT2D eigenvalue weighted by atomic mass is 16.5. The normalized spacial score (nSPS) is 44.2. The van der Waals surface area contributed by atoms with Crippen molar-refractivity contribution in [3.05, 3.63) is 0 Å². The number of rotatable bonds is 0. The lowest BCUT2D eigenvalue weighted by atomic mass is 9.81. The third-order valence-corrected chi connectivity index (χ3v) is 4.59. The summed E-state index contributed by atoms with van der Waals surface area (Å²) in [6.07, 6.45) is 6.81. The summed E-state index contributed by atoms with van der Waals surface area (Å²) >= 11 is 0. The van der Waals surface area contributed by atoms with Gasteiger partial charge in [-0.15, -0.1) is 0 Å². The number of ether oxygens (including phenoxy) is 1. The Bertz CT molecular complexity index is 237. The van der Waals surface area contributed by atoms with E-state index in [4.69, 9.17) is 4.74 Å². The van der Waals surface area contributed by atoms with E-state index in [0.717, 1.165) is 25.2 Å². The lowest BCUT2D eigenvalue weighted by molar-refractivity contribution is -0.0806. The van der Waals surface area contributed by atoms with E-state index in [1.807, 2.05) is 0 Å². The monoisotopic (exact) mass is 226 g/mol. The zero-order chi connectivity index (χ0) is 11.8. The van der Waals surface area contributed by atoms with Gasteiger partial charge in [-0.1, -0.05) is 26.2 Å². The van der Waals surface area contributed by atoms with Gasteiger partial charge in [-0.05, 0) is 44.9 Å². The van der Waals surface area contributed by atoms with Gasteiger partial charge in [0, 0.05) is 0 Å². The molecular formula is C14H26O2. The van der Waals surface area contributed by atoms with Gasteiger partial charge >= 0.3 is 0 Å². The fourth-order valence-electron chi connectivity index (χ4n) is 3.29. The smallest absolute Gasteiger partial charge is 0.0845 e. The number of fused-ring (bicyclic) bond motifs is 2. The van der Waals surface area contributed by atoms with Crippen LogP contribution in [0.2, 0.25) is 0 Å². The summed E-state index contributed by atoms with van der Waals surface area (Å²) in [5.41, 5.74) is -0.0320.